The van der Waals surface area contributed by atoms with Gasteiger partial charge in [0.2, 0.25) is 0 Å². The van der Waals surface area contributed by atoms with Crippen molar-refractivity contribution < 1.29 is 0 Å². The summed E-state index contributed by atoms with van der Waals surface area (Å²) in [5.41, 5.74) is 7.02. The van der Waals surface area contributed by atoms with Gasteiger partial charge in [0.15, 0.2) is 0 Å². The van der Waals surface area contributed by atoms with E-state index < -0.39 is 0 Å². The SMILES string of the molecule is CC(CN)c1ccnc(C#N)c1. The largest absolute Gasteiger partial charge is 0.330 e. The van der Waals surface area contributed by atoms with Crippen LogP contribution in [0.1, 0.15) is 24.1 Å². The van der Waals surface area contributed by atoms with Crippen LogP contribution < -0.4 is 5.73 Å². The molecule has 3 heteroatoms. The van der Waals surface area contributed by atoms with Crippen LogP contribution in [0.25, 0.3) is 0 Å². The summed E-state index contributed by atoms with van der Waals surface area (Å²) in [5.74, 6) is 0.292. The molecule has 0 aliphatic carbocycles. The number of rotatable bonds is 2. The lowest BCUT2D eigenvalue weighted by atomic mass is 10.0. The molecule has 2 N–H and O–H groups in total. The first kappa shape index (κ1) is 8.69. The van der Waals surface area contributed by atoms with Gasteiger partial charge < -0.3 is 5.73 Å². The molecule has 0 spiro atoms. The lowest BCUT2D eigenvalue weighted by molar-refractivity contribution is 0.771. The molecule has 0 fully saturated rings. The highest BCUT2D eigenvalue weighted by molar-refractivity contribution is 5.27. The maximum Gasteiger partial charge on any atom is 0.140 e. The standard InChI is InChI=1S/C9H11N3/c1-7(5-10)8-2-3-12-9(4-8)6-11/h2-4,7H,5,10H2,1H3. The molecule has 0 saturated carbocycles. The Kier molecular flexibility index (Phi) is 2.78. The number of aromatic nitrogens is 1. The molecular weight excluding hydrogens is 150 g/mol. The minimum atomic E-state index is 0.292. The lowest BCUT2D eigenvalue weighted by Crippen LogP contribution is -2.09. The van der Waals surface area contributed by atoms with Gasteiger partial charge in [0, 0.05) is 6.20 Å². The molecule has 1 unspecified atom stereocenters. The van der Waals surface area contributed by atoms with E-state index in [0.717, 1.165) is 5.56 Å². The molecule has 12 heavy (non-hydrogen) atoms. The Morgan fingerprint density at radius 2 is 2.50 bits per heavy atom. The zero-order valence-electron chi connectivity index (χ0n) is 6.99. The molecule has 0 bridgehead atoms. The maximum atomic E-state index is 8.57. The smallest absolute Gasteiger partial charge is 0.140 e. The van der Waals surface area contributed by atoms with Gasteiger partial charge in [0.05, 0.1) is 0 Å². The predicted octanol–water partition coefficient (Wildman–Crippen LogP) is 1.02. The van der Waals surface area contributed by atoms with Gasteiger partial charge in [0.25, 0.3) is 0 Å². The van der Waals surface area contributed by atoms with Crippen LogP contribution >= 0.6 is 0 Å². The number of nitrogens with two attached hydrogens (primary N) is 1. The Hall–Kier alpha value is -1.40. The number of hydrogen-bond donors (Lipinski definition) is 1. The number of pyridine rings is 1. The van der Waals surface area contributed by atoms with E-state index in [9.17, 15) is 0 Å². The summed E-state index contributed by atoms with van der Waals surface area (Å²) >= 11 is 0. The minimum Gasteiger partial charge on any atom is -0.330 e. The number of hydrogen-bond acceptors (Lipinski definition) is 3. The highest BCUT2D eigenvalue weighted by Gasteiger charge is 2.03. The number of nitrogens with zero attached hydrogens (tertiary/aromatic N) is 2. The Morgan fingerprint density at radius 1 is 1.75 bits per heavy atom. The van der Waals surface area contributed by atoms with Gasteiger partial charge >= 0.3 is 0 Å². The van der Waals surface area contributed by atoms with Crippen molar-refractivity contribution in [2.75, 3.05) is 6.54 Å². The summed E-state index contributed by atoms with van der Waals surface area (Å²) < 4.78 is 0. The van der Waals surface area contributed by atoms with Crippen LogP contribution in [0.5, 0.6) is 0 Å². The van der Waals surface area contributed by atoms with Crippen molar-refractivity contribution in [3.63, 3.8) is 0 Å². The van der Waals surface area contributed by atoms with Crippen molar-refractivity contribution in [3.05, 3.63) is 29.6 Å². The lowest BCUT2D eigenvalue weighted by Gasteiger charge is -2.07. The Labute approximate surface area is 71.8 Å². The maximum absolute atomic E-state index is 8.57. The van der Waals surface area contributed by atoms with Crippen LogP contribution in [-0.2, 0) is 0 Å². The summed E-state index contributed by atoms with van der Waals surface area (Å²) in [5, 5.41) is 8.57. The van der Waals surface area contributed by atoms with E-state index in [1.54, 1.807) is 12.3 Å². The second-order valence-corrected chi connectivity index (χ2v) is 2.72. The summed E-state index contributed by atoms with van der Waals surface area (Å²) in [4.78, 5) is 3.87. The van der Waals surface area contributed by atoms with E-state index in [4.69, 9.17) is 11.0 Å². The second-order valence-electron chi connectivity index (χ2n) is 2.72. The zero-order valence-corrected chi connectivity index (χ0v) is 6.99. The van der Waals surface area contributed by atoms with Crippen LogP contribution in [0.3, 0.4) is 0 Å². The summed E-state index contributed by atoms with van der Waals surface area (Å²) in [6.45, 7) is 2.62. The molecular formula is C9H11N3. The first-order valence-corrected chi connectivity index (χ1v) is 3.84. The van der Waals surface area contributed by atoms with E-state index in [1.165, 1.54) is 0 Å². The van der Waals surface area contributed by atoms with Crippen LogP contribution in [0.2, 0.25) is 0 Å². The van der Waals surface area contributed by atoms with Gasteiger partial charge in [-0.2, -0.15) is 5.26 Å². The third-order valence-corrected chi connectivity index (χ3v) is 1.82. The van der Waals surface area contributed by atoms with Gasteiger partial charge in [0.1, 0.15) is 11.8 Å². The average Bonchev–Trinajstić information content (AvgIpc) is 2.17. The van der Waals surface area contributed by atoms with E-state index in [2.05, 4.69) is 4.98 Å². The molecule has 1 aromatic heterocycles. The second kappa shape index (κ2) is 3.84. The Morgan fingerprint density at radius 3 is 3.08 bits per heavy atom. The highest BCUT2D eigenvalue weighted by Crippen LogP contribution is 2.12. The highest BCUT2D eigenvalue weighted by atomic mass is 14.7. The summed E-state index contributed by atoms with van der Waals surface area (Å²) in [7, 11) is 0. The van der Waals surface area contributed by atoms with Gasteiger partial charge in [-0.05, 0) is 30.2 Å². The average molecular weight is 161 g/mol. The molecule has 1 heterocycles. The van der Waals surface area contributed by atoms with Crippen molar-refractivity contribution >= 4 is 0 Å². The minimum absolute atomic E-state index is 0.292. The van der Waals surface area contributed by atoms with Crippen LogP contribution in [0, 0.1) is 11.3 Å². The monoisotopic (exact) mass is 161 g/mol. The molecule has 3 nitrogen and oxygen atoms in total. The third-order valence-electron chi connectivity index (χ3n) is 1.82. The molecule has 1 aromatic rings. The van der Waals surface area contributed by atoms with Crippen molar-refractivity contribution in [3.8, 4) is 6.07 Å². The molecule has 1 rings (SSSR count). The Balaban J connectivity index is 2.95. The van der Waals surface area contributed by atoms with Gasteiger partial charge in [-0.15, -0.1) is 0 Å². The first-order valence-electron chi connectivity index (χ1n) is 3.84. The number of nitriles is 1. The van der Waals surface area contributed by atoms with Crippen molar-refractivity contribution in [1.29, 1.82) is 5.26 Å². The van der Waals surface area contributed by atoms with Gasteiger partial charge in [-0.25, -0.2) is 4.98 Å². The van der Waals surface area contributed by atoms with Crippen molar-refractivity contribution in [1.82, 2.24) is 4.98 Å². The van der Waals surface area contributed by atoms with Crippen molar-refractivity contribution in [2.24, 2.45) is 5.73 Å². The van der Waals surface area contributed by atoms with Crippen molar-refractivity contribution in [2.45, 2.75) is 12.8 Å². The molecule has 0 amide bonds. The van der Waals surface area contributed by atoms with Crippen LogP contribution in [0.4, 0.5) is 0 Å². The normalized spacial score (nSPS) is 12.1. The van der Waals surface area contributed by atoms with E-state index in [-0.39, 0.29) is 0 Å². The molecule has 62 valence electrons. The van der Waals surface area contributed by atoms with E-state index in [1.807, 2.05) is 19.1 Å². The zero-order chi connectivity index (χ0) is 8.97. The molecule has 0 saturated heterocycles. The van der Waals surface area contributed by atoms with E-state index >= 15 is 0 Å². The molecule has 0 aliphatic heterocycles. The molecule has 0 aliphatic rings. The molecule has 0 radical (unpaired) electrons. The summed E-state index contributed by atoms with van der Waals surface area (Å²) in [6.07, 6.45) is 1.64. The fraction of sp³-hybridized carbons (Fsp3) is 0.333. The van der Waals surface area contributed by atoms with Gasteiger partial charge in [-0.1, -0.05) is 6.92 Å². The molecule has 0 aromatic carbocycles. The van der Waals surface area contributed by atoms with Gasteiger partial charge in [-0.3, -0.25) is 0 Å². The fourth-order valence-electron chi connectivity index (χ4n) is 0.951. The first-order chi connectivity index (χ1) is 5.77. The third kappa shape index (κ3) is 1.80. The summed E-state index contributed by atoms with van der Waals surface area (Å²) in [6, 6.07) is 5.66. The predicted molar refractivity (Wildman–Crippen MR) is 46.4 cm³/mol. The quantitative estimate of drug-likeness (QED) is 0.704. The van der Waals surface area contributed by atoms with Crippen LogP contribution in [-0.4, -0.2) is 11.5 Å². The molecule has 1 atom stereocenters. The Bertz CT molecular complexity index is 301. The van der Waals surface area contributed by atoms with E-state index in [0.29, 0.717) is 18.2 Å². The van der Waals surface area contributed by atoms with Crippen LogP contribution in [0.15, 0.2) is 18.3 Å². The fourth-order valence-corrected chi connectivity index (χ4v) is 0.951. The topological polar surface area (TPSA) is 62.7 Å².